The number of aromatic amines is 1. The van der Waals surface area contributed by atoms with Crippen molar-refractivity contribution >= 4 is 11.0 Å². The fraction of sp³-hybridized carbons (Fsp3) is 0.0714. The minimum absolute atomic E-state index is 0.200. The lowest BCUT2D eigenvalue weighted by Gasteiger charge is -1.99. The van der Waals surface area contributed by atoms with Crippen LogP contribution in [0.25, 0.3) is 11.0 Å². The third-order valence-electron chi connectivity index (χ3n) is 2.84. The van der Waals surface area contributed by atoms with Crippen molar-refractivity contribution in [1.82, 2.24) is 9.97 Å². The van der Waals surface area contributed by atoms with Gasteiger partial charge in [-0.3, -0.25) is 0 Å². The maximum absolute atomic E-state index is 12.8. The Morgan fingerprint density at radius 2 is 1.94 bits per heavy atom. The molecule has 0 radical (unpaired) electrons. The second kappa shape index (κ2) is 4.01. The van der Waals surface area contributed by atoms with E-state index in [-0.39, 0.29) is 5.82 Å². The maximum Gasteiger partial charge on any atom is 0.137 e. The molecule has 0 aliphatic heterocycles. The van der Waals surface area contributed by atoms with Crippen LogP contribution in [0.15, 0.2) is 48.8 Å². The summed E-state index contributed by atoms with van der Waals surface area (Å²) in [6.07, 6.45) is 4.51. The van der Waals surface area contributed by atoms with E-state index in [4.69, 9.17) is 0 Å². The summed E-state index contributed by atoms with van der Waals surface area (Å²) >= 11 is 0. The van der Waals surface area contributed by atoms with E-state index in [9.17, 15) is 4.39 Å². The molecule has 84 valence electrons. The molecule has 0 unspecified atom stereocenters. The van der Waals surface area contributed by atoms with Gasteiger partial charge in [0.15, 0.2) is 0 Å². The monoisotopic (exact) mass is 226 g/mol. The van der Waals surface area contributed by atoms with Crippen molar-refractivity contribution in [3.05, 3.63) is 65.7 Å². The van der Waals surface area contributed by atoms with E-state index >= 15 is 0 Å². The van der Waals surface area contributed by atoms with Crippen LogP contribution in [0.1, 0.15) is 11.1 Å². The molecule has 0 aliphatic carbocycles. The predicted octanol–water partition coefficient (Wildman–Crippen LogP) is 3.29. The largest absolute Gasteiger partial charge is 0.346 e. The van der Waals surface area contributed by atoms with Gasteiger partial charge in [-0.1, -0.05) is 12.1 Å². The smallest absolute Gasteiger partial charge is 0.137 e. The summed E-state index contributed by atoms with van der Waals surface area (Å²) in [6, 6.07) is 10.6. The number of rotatable bonds is 2. The molecular weight excluding hydrogens is 215 g/mol. The number of hydrogen-bond acceptors (Lipinski definition) is 1. The summed E-state index contributed by atoms with van der Waals surface area (Å²) < 4.78 is 12.8. The SMILES string of the molecule is Fc1ccc(Cc2c[nH]c3ncccc23)cc1. The highest BCUT2D eigenvalue weighted by Gasteiger charge is 2.04. The van der Waals surface area contributed by atoms with E-state index in [0.717, 1.165) is 23.0 Å². The first-order chi connectivity index (χ1) is 8.33. The molecular formula is C14H11FN2. The molecule has 0 bridgehead atoms. The topological polar surface area (TPSA) is 28.7 Å². The van der Waals surface area contributed by atoms with Gasteiger partial charge in [0.05, 0.1) is 0 Å². The molecule has 3 rings (SSSR count). The summed E-state index contributed by atoms with van der Waals surface area (Å²) in [5.74, 6) is -0.200. The summed E-state index contributed by atoms with van der Waals surface area (Å²) in [4.78, 5) is 7.38. The van der Waals surface area contributed by atoms with Crippen LogP contribution in [0.3, 0.4) is 0 Å². The molecule has 17 heavy (non-hydrogen) atoms. The van der Waals surface area contributed by atoms with Crippen LogP contribution < -0.4 is 0 Å². The van der Waals surface area contributed by atoms with Crippen LogP contribution in [0, 0.1) is 5.82 Å². The van der Waals surface area contributed by atoms with Gasteiger partial charge in [0.1, 0.15) is 11.5 Å². The van der Waals surface area contributed by atoms with Crippen LogP contribution in [0.4, 0.5) is 4.39 Å². The summed E-state index contributed by atoms with van der Waals surface area (Å²) in [6.45, 7) is 0. The zero-order valence-corrected chi connectivity index (χ0v) is 9.15. The normalized spacial score (nSPS) is 10.9. The highest BCUT2D eigenvalue weighted by molar-refractivity contribution is 5.79. The van der Waals surface area contributed by atoms with E-state index in [1.165, 1.54) is 17.7 Å². The molecule has 3 aromatic rings. The zero-order chi connectivity index (χ0) is 11.7. The fourth-order valence-electron chi connectivity index (χ4n) is 1.98. The fourth-order valence-corrected chi connectivity index (χ4v) is 1.98. The Balaban J connectivity index is 1.97. The molecule has 2 aromatic heterocycles. The van der Waals surface area contributed by atoms with Crippen LogP contribution in [-0.2, 0) is 6.42 Å². The lowest BCUT2D eigenvalue weighted by Crippen LogP contribution is -1.87. The molecule has 2 heterocycles. The van der Waals surface area contributed by atoms with Crippen molar-refractivity contribution in [3.63, 3.8) is 0 Å². The quantitative estimate of drug-likeness (QED) is 0.713. The highest BCUT2D eigenvalue weighted by atomic mass is 19.1. The molecule has 0 amide bonds. The Kier molecular flexibility index (Phi) is 2.37. The van der Waals surface area contributed by atoms with Crippen molar-refractivity contribution < 1.29 is 4.39 Å². The number of hydrogen-bond donors (Lipinski definition) is 1. The lowest BCUT2D eigenvalue weighted by atomic mass is 10.1. The van der Waals surface area contributed by atoms with Crippen molar-refractivity contribution in [3.8, 4) is 0 Å². The van der Waals surface area contributed by atoms with E-state index < -0.39 is 0 Å². The number of pyridine rings is 1. The number of nitrogens with zero attached hydrogens (tertiary/aromatic N) is 1. The molecule has 0 fully saturated rings. The van der Waals surface area contributed by atoms with Crippen molar-refractivity contribution in [2.45, 2.75) is 6.42 Å². The van der Waals surface area contributed by atoms with Crippen molar-refractivity contribution in [2.75, 3.05) is 0 Å². The predicted molar refractivity (Wildman–Crippen MR) is 65.3 cm³/mol. The van der Waals surface area contributed by atoms with Crippen molar-refractivity contribution in [1.29, 1.82) is 0 Å². The second-order valence-electron chi connectivity index (χ2n) is 4.02. The number of H-pyrrole nitrogens is 1. The highest BCUT2D eigenvalue weighted by Crippen LogP contribution is 2.19. The van der Waals surface area contributed by atoms with Gasteiger partial charge in [0.25, 0.3) is 0 Å². The summed E-state index contributed by atoms with van der Waals surface area (Å²) in [5, 5.41) is 1.12. The molecule has 0 saturated carbocycles. The number of nitrogens with one attached hydrogen (secondary N) is 1. The van der Waals surface area contributed by atoms with Gasteiger partial charge in [0, 0.05) is 17.8 Å². The molecule has 1 N–H and O–H groups in total. The summed E-state index contributed by atoms with van der Waals surface area (Å²) in [7, 11) is 0. The third kappa shape index (κ3) is 1.91. The van der Waals surface area contributed by atoms with E-state index in [0.29, 0.717) is 0 Å². The van der Waals surface area contributed by atoms with Crippen LogP contribution in [0.5, 0.6) is 0 Å². The Morgan fingerprint density at radius 3 is 2.76 bits per heavy atom. The van der Waals surface area contributed by atoms with Gasteiger partial charge in [0.2, 0.25) is 0 Å². The third-order valence-corrected chi connectivity index (χ3v) is 2.84. The van der Waals surface area contributed by atoms with Gasteiger partial charge < -0.3 is 4.98 Å². The van der Waals surface area contributed by atoms with Gasteiger partial charge >= 0.3 is 0 Å². The first-order valence-corrected chi connectivity index (χ1v) is 5.48. The van der Waals surface area contributed by atoms with Gasteiger partial charge in [-0.05, 0) is 41.8 Å². The van der Waals surface area contributed by atoms with E-state index in [2.05, 4.69) is 9.97 Å². The average Bonchev–Trinajstić information content (AvgIpc) is 2.76. The standard InChI is InChI=1S/C14H11FN2/c15-12-5-3-10(4-6-12)8-11-9-17-14-13(11)2-1-7-16-14/h1-7,9H,8H2,(H,16,17). The minimum Gasteiger partial charge on any atom is -0.346 e. The number of benzene rings is 1. The number of halogens is 1. The molecule has 1 aromatic carbocycles. The van der Waals surface area contributed by atoms with Crippen molar-refractivity contribution in [2.24, 2.45) is 0 Å². The minimum atomic E-state index is -0.200. The molecule has 0 saturated heterocycles. The Morgan fingerprint density at radius 1 is 1.12 bits per heavy atom. The van der Waals surface area contributed by atoms with Gasteiger partial charge in [-0.25, -0.2) is 9.37 Å². The van der Waals surface area contributed by atoms with Gasteiger partial charge in [-0.2, -0.15) is 0 Å². The van der Waals surface area contributed by atoms with Crippen LogP contribution >= 0.6 is 0 Å². The Hall–Kier alpha value is -2.16. The Labute approximate surface area is 98.1 Å². The average molecular weight is 226 g/mol. The maximum atomic E-state index is 12.8. The summed E-state index contributed by atoms with van der Waals surface area (Å²) in [5.41, 5.74) is 3.17. The van der Waals surface area contributed by atoms with E-state index in [1.807, 2.05) is 30.5 Å². The Bertz CT molecular complexity index is 641. The van der Waals surface area contributed by atoms with E-state index in [1.54, 1.807) is 6.20 Å². The number of fused-ring (bicyclic) bond motifs is 1. The zero-order valence-electron chi connectivity index (χ0n) is 9.15. The van der Waals surface area contributed by atoms with Gasteiger partial charge in [-0.15, -0.1) is 0 Å². The van der Waals surface area contributed by atoms with Crippen LogP contribution in [-0.4, -0.2) is 9.97 Å². The molecule has 2 nitrogen and oxygen atoms in total. The second-order valence-corrected chi connectivity index (χ2v) is 4.02. The molecule has 3 heteroatoms. The number of aromatic nitrogens is 2. The molecule has 0 atom stereocenters. The first kappa shape index (κ1) is 10.0. The molecule has 0 spiro atoms. The molecule has 0 aliphatic rings. The first-order valence-electron chi connectivity index (χ1n) is 5.48. The van der Waals surface area contributed by atoms with Crippen LogP contribution in [0.2, 0.25) is 0 Å². The lowest BCUT2D eigenvalue weighted by molar-refractivity contribution is 0.627.